The first kappa shape index (κ1) is 9.96. The first-order valence-electron chi connectivity index (χ1n) is 3.21. The molecular weight excluding hydrogens is 202 g/mol. The highest BCUT2D eigenvalue weighted by molar-refractivity contribution is 5.44. The minimum atomic E-state index is -1.71. The number of nitro benzene ring substituents is 2. The molecule has 0 amide bonds. The molecule has 0 atom stereocenters. The van der Waals surface area contributed by atoms with E-state index in [9.17, 15) is 29.0 Å². The molecule has 8 heteroatoms. The van der Waals surface area contributed by atoms with Crippen LogP contribution in [0, 0.1) is 31.9 Å². The van der Waals surface area contributed by atoms with E-state index in [1.54, 1.807) is 0 Å². The summed E-state index contributed by atoms with van der Waals surface area (Å²) in [5, 5.41) is 20.3. The lowest BCUT2D eigenvalue weighted by Gasteiger charge is -1.95. The Hall–Kier alpha value is -2.12. The normalized spacial score (nSPS) is 9.86. The first-order chi connectivity index (χ1) is 6.43. The maximum Gasteiger partial charge on any atom is 0.314 e. The van der Waals surface area contributed by atoms with Gasteiger partial charge in [0, 0.05) is 0 Å². The summed E-state index contributed by atoms with van der Waals surface area (Å²) in [5.74, 6) is -3.33. The zero-order chi connectivity index (χ0) is 10.9. The van der Waals surface area contributed by atoms with Gasteiger partial charge in [-0.05, 0) is 0 Å². The van der Waals surface area contributed by atoms with Gasteiger partial charge in [-0.1, -0.05) is 0 Å². The van der Waals surface area contributed by atoms with Gasteiger partial charge in [0.25, 0.3) is 5.69 Å². The van der Waals surface area contributed by atoms with Crippen molar-refractivity contribution in [3.8, 4) is 0 Å². The fraction of sp³-hybridized carbons (Fsp3) is 0. The van der Waals surface area contributed by atoms with Crippen LogP contribution in [0.5, 0.6) is 0 Å². The fourth-order valence-electron chi connectivity index (χ4n) is 0.799. The molecule has 14 heavy (non-hydrogen) atoms. The smallest absolute Gasteiger partial charge is 0.258 e. The van der Waals surface area contributed by atoms with Crippen molar-refractivity contribution in [2.45, 2.75) is 0 Å². The van der Waals surface area contributed by atoms with E-state index in [4.69, 9.17) is 0 Å². The van der Waals surface area contributed by atoms with Crippen LogP contribution in [0.3, 0.4) is 0 Å². The summed E-state index contributed by atoms with van der Waals surface area (Å²) in [6.45, 7) is 0. The molecule has 0 aliphatic carbocycles. The minimum Gasteiger partial charge on any atom is -0.258 e. The summed E-state index contributed by atoms with van der Waals surface area (Å²) in [6, 6.07) is 0.640. The van der Waals surface area contributed by atoms with E-state index < -0.39 is 32.9 Å². The zero-order valence-electron chi connectivity index (χ0n) is 6.44. The molecular formula is C6H2F2N2O4. The molecule has 0 heterocycles. The van der Waals surface area contributed by atoms with Gasteiger partial charge in [0.2, 0.25) is 5.82 Å². The van der Waals surface area contributed by atoms with Crippen LogP contribution >= 0.6 is 0 Å². The number of nitro groups is 2. The van der Waals surface area contributed by atoms with E-state index in [0.29, 0.717) is 6.07 Å². The van der Waals surface area contributed by atoms with E-state index in [1.807, 2.05) is 0 Å². The van der Waals surface area contributed by atoms with Crippen LogP contribution in [0.2, 0.25) is 0 Å². The van der Waals surface area contributed by atoms with Crippen molar-refractivity contribution in [1.82, 2.24) is 0 Å². The van der Waals surface area contributed by atoms with Gasteiger partial charge in [-0.25, -0.2) is 4.39 Å². The topological polar surface area (TPSA) is 86.3 Å². The van der Waals surface area contributed by atoms with Crippen molar-refractivity contribution in [3.63, 3.8) is 0 Å². The van der Waals surface area contributed by atoms with Crippen LogP contribution in [0.15, 0.2) is 12.1 Å². The Labute approximate surface area is 75.1 Å². The van der Waals surface area contributed by atoms with Crippen molar-refractivity contribution in [2.24, 2.45) is 0 Å². The molecule has 0 aliphatic rings. The molecule has 74 valence electrons. The molecule has 6 nitrogen and oxygen atoms in total. The number of hydrogen-bond donors (Lipinski definition) is 0. The first-order valence-corrected chi connectivity index (χ1v) is 3.21. The van der Waals surface area contributed by atoms with Crippen molar-refractivity contribution in [2.75, 3.05) is 0 Å². The highest BCUT2D eigenvalue weighted by atomic mass is 19.2. The second kappa shape index (κ2) is 3.32. The van der Waals surface area contributed by atoms with Gasteiger partial charge in [-0.15, -0.1) is 0 Å². The van der Waals surface area contributed by atoms with Gasteiger partial charge in [0.05, 0.1) is 22.0 Å². The molecule has 0 unspecified atom stereocenters. The van der Waals surface area contributed by atoms with Crippen molar-refractivity contribution >= 4 is 11.4 Å². The van der Waals surface area contributed by atoms with Crippen molar-refractivity contribution in [1.29, 1.82) is 0 Å². The number of non-ortho nitro benzene ring substituents is 1. The number of hydrogen-bond acceptors (Lipinski definition) is 4. The standard InChI is InChI=1S/C6H2F2N2O4/c7-4-1-3(9(11)12)2-5(6(4)8)10(13)14/h1-2H. The summed E-state index contributed by atoms with van der Waals surface area (Å²) in [5.41, 5.74) is -2.12. The third-order valence-electron chi connectivity index (χ3n) is 1.40. The summed E-state index contributed by atoms with van der Waals surface area (Å²) >= 11 is 0. The van der Waals surface area contributed by atoms with Crippen LogP contribution in [0.25, 0.3) is 0 Å². The molecule has 0 bridgehead atoms. The van der Waals surface area contributed by atoms with E-state index in [0.717, 1.165) is 0 Å². The maximum absolute atomic E-state index is 12.7. The van der Waals surface area contributed by atoms with Gasteiger partial charge in [-0.2, -0.15) is 4.39 Å². The number of nitrogens with zero attached hydrogens (tertiary/aromatic N) is 2. The molecule has 0 fully saturated rings. The van der Waals surface area contributed by atoms with E-state index in [2.05, 4.69) is 0 Å². The highest BCUT2D eigenvalue weighted by Crippen LogP contribution is 2.25. The number of rotatable bonds is 2. The summed E-state index contributed by atoms with van der Waals surface area (Å²) in [6.07, 6.45) is 0. The third kappa shape index (κ3) is 1.63. The summed E-state index contributed by atoms with van der Waals surface area (Å²) < 4.78 is 25.2. The molecule has 0 spiro atoms. The summed E-state index contributed by atoms with van der Waals surface area (Å²) in [4.78, 5) is 18.0. The molecule has 1 aromatic rings. The predicted octanol–water partition coefficient (Wildman–Crippen LogP) is 1.78. The van der Waals surface area contributed by atoms with E-state index in [-0.39, 0.29) is 6.07 Å². The molecule has 1 rings (SSSR count). The van der Waals surface area contributed by atoms with Gasteiger partial charge in [0.15, 0.2) is 5.82 Å². The molecule has 1 aromatic carbocycles. The van der Waals surface area contributed by atoms with Gasteiger partial charge in [0.1, 0.15) is 0 Å². The Balaban J connectivity index is 3.43. The SMILES string of the molecule is O=[N+]([O-])c1cc(F)c(F)c([N+](=O)[O-])c1. The Kier molecular flexibility index (Phi) is 2.36. The average molecular weight is 204 g/mol. The third-order valence-corrected chi connectivity index (χ3v) is 1.40. The van der Waals surface area contributed by atoms with Gasteiger partial charge >= 0.3 is 5.69 Å². The monoisotopic (exact) mass is 204 g/mol. The van der Waals surface area contributed by atoms with E-state index in [1.165, 1.54) is 0 Å². The lowest BCUT2D eigenvalue weighted by atomic mass is 10.2. The Morgan fingerprint density at radius 3 is 2.07 bits per heavy atom. The number of benzene rings is 1. The predicted molar refractivity (Wildman–Crippen MR) is 39.7 cm³/mol. The molecule has 0 N–H and O–H groups in total. The second-order valence-corrected chi connectivity index (χ2v) is 2.27. The highest BCUT2D eigenvalue weighted by Gasteiger charge is 2.24. The molecule has 0 saturated carbocycles. The summed E-state index contributed by atoms with van der Waals surface area (Å²) in [7, 11) is 0. The van der Waals surface area contributed by atoms with Crippen LogP contribution in [0.1, 0.15) is 0 Å². The molecule has 0 saturated heterocycles. The quantitative estimate of drug-likeness (QED) is 0.542. The lowest BCUT2D eigenvalue weighted by Crippen LogP contribution is -1.98. The number of halogens is 2. The maximum atomic E-state index is 12.7. The Bertz CT molecular complexity index is 421. The molecule has 0 radical (unpaired) electrons. The molecule has 0 aliphatic heterocycles. The minimum absolute atomic E-state index is 0.280. The Morgan fingerprint density at radius 1 is 1.07 bits per heavy atom. The lowest BCUT2D eigenvalue weighted by molar-refractivity contribution is -0.396. The zero-order valence-corrected chi connectivity index (χ0v) is 6.44. The molecule has 0 aromatic heterocycles. The van der Waals surface area contributed by atoms with Crippen molar-refractivity contribution in [3.05, 3.63) is 44.0 Å². The largest absolute Gasteiger partial charge is 0.314 e. The van der Waals surface area contributed by atoms with Gasteiger partial charge in [-0.3, -0.25) is 20.2 Å². The average Bonchev–Trinajstić information content (AvgIpc) is 2.08. The van der Waals surface area contributed by atoms with Crippen LogP contribution < -0.4 is 0 Å². The second-order valence-electron chi connectivity index (χ2n) is 2.27. The fourth-order valence-corrected chi connectivity index (χ4v) is 0.799. The van der Waals surface area contributed by atoms with Crippen LogP contribution in [-0.4, -0.2) is 9.85 Å². The Morgan fingerprint density at radius 2 is 1.64 bits per heavy atom. The van der Waals surface area contributed by atoms with Gasteiger partial charge < -0.3 is 0 Å². The van der Waals surface area contributed by atoms with Crippen LogP contribution in [0.4, 0.5) is 20.2 Å². The van der Waals surface area contributed by atoms with Crippen LogP contribution in [-0.2, 0) is 0 Å². The van der Waals surface area contributed by atoms with Crippen molar-refractivity contribution < 1.29 is 18.6 Å². The van der Waals surface area contributed by atoms with E-state index >= 15 is 0 Å².